The Bertz CT molecular complexity index is 745. The number of aromatic amines is 1. The van der Waals surface area contributed by atoms with Crippen LogP contribution < -0.4 is 0 Å². The molecule has 0 radical (unpaired) electrons. The van der Waals surface area contributed by atoms with Gasteiger partial charge in [0.25, 0.3) is 0 Å². The van der Waals surface area contributed by atoms with Gasteiger partial charge in [-0.05, 0) is 58.0 Å². The molecule has 1 N–H and O–H groups in total. The fourth-order valence-corrected chi connectivity index (χ4v) is 4.38. The Balaban J connectivity index is 1.35. The lowest BCUT2D eigenvalue weighted by atomic mass is 9.93. The number of likely N-dealkylation sites (tertiary alicyclic amines) is 1. The lowest BCUT2D eigenvalue weighted by Crippen LogP contribution is -2.56. The zero-order chi connectivity index (χ0) is 18.1. The van der Waals surface area contributed by atoms with E-state index in [2.05, 4.69) is 33.6 Å². The highest BCUT2D eigenvalue weighted by atomic mass is 19.1. The van der Waals surface area contributed by atoms with Crippen molar-refractivity contribution in [2.75, 3.05) is 45.9 Å². The average molecular weight is 360 g/mol. The molecule has 2 fully saturated rings. The molecule has 3 heterocycles. The third kappa shape index (κ3) is 3.77. The van der Waals surface area contributed by atoms with Gasteiger partial charge in [-0.15, -0.1) is 0 Å². The third-order valence-electron chi connectivity index (χ3n) is 5.91. The van der Waals surface area contributed by atoms with Crippen LogP contribution in [-0.2, 0) is 4.74 Å². The summed E-state index contributed by atoms with van der Waals surface area (Å²) in [5.74, 6) is 1.23. The van der Waals surface area contributed by atoms with E-state index in [1.54, 1.807) is 6.07 Å². The molecule has 0 amide bonds. The molecule has 2 aromatic rings. The summed E-state index contributed by atoms with van der Waals surface area (Å²) in [7, 11) is 0. The Morgan fingerprint density at radius 1 is 1.19 bits per heavy atom. The molecule has 2 aliphatic heterocycles. The van der Waals surface area contributed by atoms with Gasteiger partial charge in [-0.1, -0.05) is 0 Å². The summed E-state index contributed by atoms with van der Waals surface area (Å²) < 4.78 is 18.9. The Morgan fingerprint density at radius 3 is 2.65 bits per heavy atom. The summed E-state index contributed by atoms with van der Waals surface area (Å²) in [6.07, 6.45) is 2.20. The average Bonchev–Trinajstić information content (AvgIpc) is 3.06. The predicted octanol–water partition coefficient (Wildman–Crippen LogP) is 2.99. The fraction of sp³-hybridized carbons (Fsp3) is 0.650. The maximum absolute atomic E-state index is 13.4. The summed E-state index contributed by atoms with van der Waals surface area (Å²) in [6, 6.07) is 4.76. The fourth-order valence-electron chi connectivity index (χ4n) is 4.38. The van der Waals surface area contributed by atoms with E-state index in [9.17, 15) is 4.39 Å². The summed E-state index contributed by atoms with van der Waals surface area (Å²) in [5.41, 5.74) is 1.83. The van der Waals surface area contributed by atoms with Gasteiger partial charge in [-0.2, -0.15) is 0 Å². The molecule has 0 saturated carbocycles. The zero-order valence-electron chi connectivity index (χ0n) is 15.8. The standard InChI is InChI=1S/C20H29FN4O/c1-20(2,25-9-11-26-12-10-25)14-24-7-5-15(6-8-24)19-22-17-4-3-16(21)13-18(17)23-19/h3-4,13,15H,5-12,14H2,1-2H3,(H,22,23). The lowest BCUT2D eigenvalue weighted by Gasteiger charge is -2.44. The lowest BCUT2D eigenvalue weighted by molar-refractivity contribution is -0.0239. The van der Waals surface area contributed by atoms with E-state index in [-0.39, 0.29) is 11.4 Å². The number of aromatic nitrogens is 2. The molecular formula is C20H29FN4O. The van der Waals surface area contributed by atoms with Crippen LogP contribution in [0.15, 0.2) is 18.2 Å². The molecular weight excluding hydrogens is 331 g/mol. The molecule has 0 atom stereocenters. The molecule has 6 heteroatoms. The van der Waals surface area contributed by atoms with Crippen LogP contribution in [0.4, 0.5) is 4.39 Å². The molecule has 0 bridgehead atoms. The van der Waals surface area contributed by atoms with Crippen LogP contribution >= 0.6 is 0 Å². The number of piperidine rings is 1. The Hall–Kier alpha value is -1.50. The SMILES string of the molecule is CC(C)(CN1CCC(c2nc3ccc(F)cc3[nH]2)CC1)N1CCOCC1. The highest BCUT2D eigenvalue weighted by molar-refractivity contribution is 5.75. The van der Waals surface area contributed by atoms with E-state index in [0.29, 0.717) is 5.92 Å². The van der Waals surface area contributed by atoms with Crippen molar-refractivity contribution < 1.29 is 9.13 Å². The maximum atomic E-state index is 13.4. The van der Waals surface area contributed by atoms with Crippen molar-refractivity contribution in [3.8, 4) is 0 Å². The first kappa shape index (κ1) is 17.9. The number of morpholine rings is 1. The van der Waals surface area contributed by atoms with E-state index in [4.69, 9.17) is 4.74 Å². The van der Waals surface area contributed by atoms with Crippen LogP contribution in [0.2, 0.25) is 0 Å². The highest BCUT2D eigenvalue weighted by Crippen LogP contribution is 2.29. The summed E-state index contributed by atoms with van der Waals surface area (Å²) in [4.78, 5) is 13.1. The molecule has 4 rings (SSSR count). The van der Waals surface area contributed by atoms with Gasteiger partial charge in [-0.3, -0.25) is 4.90 Å². The van der Waals surface area contributed by atoms with Crippen molar-refractivity contribution in [2.45, 2.75) is 38.1 Å². The molecule has 2 aliphatic rings. The van der Waals surface area contributed by atoms with Gasteiger partial charge < -0.3 is 14.6 Å². The molecule has 1 aromatic carbocycles. The van der Waals surface area contributed by atoms with E-state index < -0.39 is 0 Å². The first-order valence-corrected chi connectivity index (χ1v) is 9.72. The number of hydrogen-bond donors (Lipinski definition) is 1. The Labute approximate surface area is 154 Å². The second-order valence-corrected chi connectivity index (χ2v) is 8.25. The van der Waals surface area contributed by atoms with Gasteiger partial charge in [0.1, 0.15) is 11.6 Å². The number of hydrogen-bond acceptors (Lipinski definition) is 4. The molecule has 2 saturated heterocycles. The number of benzene rings is 1. The first-order valence-electron chi connectivity index (χ1n) is 9.72. The van der Waals surface area contributed by atoms with Crippen molar-refractivity contribution in [1.82, 2.24) is 19.8 Å². The number of H-pyrrole nitrogens is 1. The molecule has 0 unspecified atom stereocenters. The van der Waals surface area contributed by atoms with Crippen molar-refractivity contribution in [1.29, 1.82) is 0 Å². The Morgan fingerprint density at radius 2 is 1.92 bits per heavy atom. The van der Waals surface area contributed by atoms with Crippen molar-refractivity contribution in [2.24, 2.45) is 0 Å². The van der Waals surface area contributed by atoms with Crippen LogP contribution in [0.5, 0.6) is 0 Å². The minimum atomic E-state index is -0.215. The topological polar surface area (TPSA) is 44.4 Å². The van der Waals surface area contributed by atoms with Crippen molar-refractivity contribution in [3.63, 3.8) is 0 Å². The van der Waals surface area contributed by atoms with E-state index in [1.165, 1.54) is 12.1 Å². The maximum Gasteiger partial charge on any atom is 0.125 e. The molecule has 26 heavy (non-hydrogen) atoms. The molecule has 142 valence electrons. The van der Waals surface area contributed by atoms with E-state index in [1.807, 2.05) is 0 Å². The van der Waals surface area contributed by atoms with Crippen molar-refractivity contribution >= 4 is 11.0 Å². The van der Waals surface area contributed by atoms with Crippen LogP contribution in [0, 0.1) is 5.82 Å². The molecule has 5 nitrogen and oxygen atoms in total. The van der Waals surface area contributed by atoms with Gasteiger partial charge in [0.2, 0.25) is 0 Å². The van der Waals surface area contributed by atoms with Crippen LogP contribution in [0.3, 0.4) is 0 Å². The largest absolute Gasteiger partial charge is 0.379 e. The van der Waals surface area contributed by atoms with Gasteiger partial charge in [0, 0.05) is 31.1 Å². The second kappa shape index (κ2) is 7.25. The van der Waals surface area contributed by atoms with Gasteiger partial charge in [-0.25, -0.2) is 9.37 Å². The number of ether oxygens (including phenoxy) is 1. The number of imidazole rings is 1. The summed E-state index contributed by atoms with van der Waals surface area (Å²) in [6.45, 7) is 11.7. The monoisotopic (exact) mass is 360 g/mol. The number of fused-ring (bicyclic) bond motifs is 1. The van der Waals surface area contributed by atoms with Crippen LogP contribution in [-0.4, -0.2) is 71.2 Å². The third-order valence-corrected chi connectivity index (χ3v) is 5.91. The van der Waals surface area contributed by atoms with E-state index >= 15 is 0 Å². The first-order chi connectivity index (χ1) is 12.5. The quantitative estimate of drug-likeness (QED) is 0.910. The minimum Gasteiger partial charge on any atom is -0.379 e. The number of nitrogens with zero attached hydrogens (tertiary/aromatic N) is 3. The van der Waals surface area contributed by atoms with Gasteiger partial charge >= 0.3 is 0 Å². The summed E-state index contributed by atoms with van der Waals surface area (Å²) >= 11 is 0. The predicted molar refractivity (Wildman–Crippen MR) is 101 cm³/mol. The van der Waals surface area contributed by atoms with E-state index in [0.717, 1.165) is 75.6 Å². The van der Waals surface area contributed by atoms with Gasteiger partial charge in [0.05, 0.1) is 24.2 Å². The van der Waals surface area contributed by atoms with Crippen molar-refractivity contribution in [3.05, 3.63) is 29.8 Å². The normalized spacial score (nSPS) is 21.5. The van der Waals surface area contributed by atoms with Crippen LogP contribution in [0.1, 0.15) is 38.4 Å². The second-order valence-electron chi connectivity index (χ2n) is 8.25. The zero-order valence-corrected chi connectivity index (χ0v) is 15.8. The van der Waals surface area contributed by atoms with Gasteiger partial charge in [0.15, 0.2) is 0 Å². The molecule has 0 spiro atoms. The molecule has 0 aliphatic carbocycles. The molecule has 1 aromatic heterocycles. The Kier molecular flexibility index (Phi) is 4.99. The minimum absolute atomic E-state index is 0.174. The number of rotatable bonds is 4. The highest BCUT2D eigenvalue weighted by Gasteiger charge is 2.32. The summed E-state index contributed by atoms with van der Waals surface area (Å²) in [5, 5.41) is 0. The number of nitrogens with one attached hydrogen (secondary N) is 1. The number of halogens is 1. The smallest absolute Gasteiger partial charge is 0.125 e. The van der Waals surface area contributed by atoms with Crippen LogP contribution in [0.25, 0.3) is 11.0 Å².